The molecule has 3 rings (SSSR count). The lowest BCUT2D eigenvalue weighted by Crippen LogP contribution is -2.46. The first kappa shape index (κ1) is 20.6. The molecule has 2 unspecified atom stereocenters. The molecule has 0 aliphatic carbocycles. The quantitative estimate of drug-likeness (QED) is 0.593. The molecule has 2 atom stereocenters. The summed E-state index contributed by atoms with van der Waals surface area (Å²) in [7, 11) is 0. The third-order valence-corrected chi connectivity index (χ3v) is 5.69. The molecule has 0 saturated heterocycles. The van der Waals surface area contributed by atoms with Crippen molar-refractivity contribution >= 4 is 22.0 Å². The summed E-state index contributed by atoms with van der Waals surface area (Å²) in [5.74, 6) is -0.0972. The summed E-state index contributed by atoms with van der Waals surface area (Å²) >= 11 is 3.31. The molecule has 2 aromatic rings. The molecule has 150 valence electrons. The van der Waals surface area contributed by atoms with Gasteiger partial charge in [0.1, 0.15) is 18.2 Å². The van der Waals surface area contributed by atoms with Crippen LogP contribution >= 0.6 is 15.9 Å². The fourth-order valence-electron chi connectivity index (χ4n) is 3.99. The number of benzene rings is 2. The van der Waals surface area contributed by atoms with Crippen molar-refractivity contribution in [2.45, 2.75) is 46.3 Å². The van der Waals surface area contributed by atoms with Crippen LogP contribution in [0.2, 0.25) is 0 Å². The van der Waals surface area contributed by atoms with Gasteiger partial charge in [-0.2, -0.15) is 0 Å². The zero-order valence-electron chi connectivity index (χ0n) is 16.5. The molecule has 0 saturated carbocycles. The second kappa shape index (κ2) is 7.74. The Morgan fingerprint density at radius 2 is 1.93 bits per heavy atom. The Hall–Kier alpha value is -2.08. The molecule has 1 N–H and O–H groups in total. The zero-order chi connectivity index (χ0) is 20.6. The second-order valence-electron chi connectivity index (χ2n) is 8.38. The summed E-state index contributed by atoms with van der Waals surface area (Å²) < 4.78 is 21.5. The van der Waals surface area contributed by atoms with Crippen LogP contribution in [0, 0.1) is 11.2 Å². The Morgan fingerprint density at radius 1 is 1.29 bits per heavy atom. The maximum atomic E-state index is 15.1. The molecule has 2 aromatic carbocycles. The van der Waals surface area contributed by atoms with Gasteiger partial charge in [0.15, 0.2) is 0 Å². The zero-order valence-corrected chi connectivity index (χ0v) is 18.1. The fourth-order valence-corrected chi connectivity index (χ4v) is 4.41. The predicted octanol–water partition coefficient (Wildman–Crippen LogP) is 6.35. The van der Waals surface area contributed by atoms with E-state index in [-0.39, 0.29) is 18.3 Å². The summed E-state index contributed by atoms with van der Waals surface area (Å²) in [5, 5.41) is 9.82. The Balaban J connectivity index is 2.15. The van der Waals surface area contributed by atoms with Crippen molar-refractivity contribution in [3.63, 3.8) is 0 Å². The first-order valence-corrected chi connectivity index (χ1v) is 10.1. The molecule has 1 heterocycles. The largest absolute Gasteiger partial charge is 0.488 e. The molecule has 0 fully saturated rings. The molecular formula is C22H25BrFNO3. The van der Waals surface area contributed by atoms with Crippen molar-refractivity contribution < 1.29 is 19.0 Å². The molecule has 0 spiro atoms. The third-order valence-electron chi connectivity index (χ3n) is 5.11. The normalized spacial score (nSPS) is 19.3. The van der Waals surface area contributed by atoms with Crippen LogP contribution in [0.1, 0.15) is 56.3 Å². The van der Waals surface area contributed by atoms with Gasteiger partial charge in [-0.3, -0.25) is 0 Å². The monoisotopic (exact) mass is 449 g/mol. The van der Waals surface area contributed by atoms with Crippen molar-refractivity contribution in [3.8, 4) is 5.75 Å². The summed E-state index contributed by atoms with van der Waals surface area (Å²) in [6.45, 7) is 8.32. The van der Waals surface area contributed by atoms with Crippen LogP contribution < -0.4 is 4.74 Å². The lowest BCUT2D eigenvalue weighted by molar-refractivity contribution is 0.0673. The highest BCUT2D eigenvalue weighted by Crippen LogP contribution is 2.51. The number of carboxylic acid groups (broad SMARTS) is 1. The van der Waals surface area contributed by atoms with Crippen LogP contribution in [-0.4, -0.2) is 22.6 Å². The maximum absolute atomic E-state index is 15.1. The van der Waals surface area contributed by atoms with Gasteiger partial charge in [0.25, 0.3) is 0 Å². The summed E-state index contributed by atoms with van der Waals surface area (Å²) in [6, 6.07) is 10.8. The van der Waals surface area contributed by atoms with Gasteiger partial charge >= 0.3 is 6.09 Å². The Labute approximate surface area is 173 Å². The van der Waals surface area contributed by atoms with Crippen LogP contribution in [0.15, 0.2) is 40.9 Å². The number of nitrogens with zero attached hydrogens (tertiary/aromatic N) is 1. The van der Waals surface area contributed by atoms with Crippen molar-refractivity contribution in [1.29, 1.82) is 0 Å². The van der Waals surface area contributed by atoms with Crippen molar-refractivity contribution in [2.24, 2.45) is 5.41 Å². The first-order chi connectivity index (χ1) is 13.1. The van der Waals surface area contributed by atoms with Crippen LogP contribution in [0.5, 0.6) is 5.75 Å². The number of hydrogen-bond donors (Lipinski definition) is 1. The minimum atomic E-state index is -1.00. The van der Waals surface area contributed by atoms with Crippen molar-refractivity contribution in [3.05, 3.63) is 63.4 Å². The highest BCUT2D eigenvalue weighted by atomic mass is 79.9. The van der Waals surface area contributed by atoms with E-state index in [1.807, 2.05) is 58.0 Å². The minimum absolute atomic E-state index is 0.246. The summed E-state index contributed by atoms with van der Waals surface area (Å²) in [5.41, 5.74) is 1.72. The number of ether oxygens (including phenoxy) is 1. The number of rotatable bonds is 3. The van der Waals surface area contributed by atoms with Gasteiger partial charge in [-0.15, -0.1) is 0 Å². The molecular weight excluding hydrogens is 425 g/mol. The molecule has 1 aliphatic rings. The molecule has 0 bridgehead atoms. The van der Waals surface area contributed by atoms with Crippen molar-refractivity contribution in [2.75, 3.05) is 6.54 Å². The van der Waals surface area contributed by atoms with E-state index in [1.165, 1.54) is 4.90 Å². The highest BCUT2D eigenvalue weighted by molar-refractivity contribution is 9.10. The Bertz CT molecular complexity index is 880. The average molecular weight is 450 g/mol. The Kier molecular flexibility index (Phi) is 5.71. The van der Waals surface area contributed by atoms with E-state index in [0.29, 0.717) is 28.0 Å². The summed E-state index contributed by atoms with van der Waals surface area (Å²) in [4.78, 5) is 13.4. The van der Waals surface area contributed by atoms with Crippen LogP contribution in [0.4, 0.5) is 9.18 Å². The lowest BCUT2D eigenvalue weighted by atomic mass is 9.74. The first-order valence-electron chi connectivity index (χ1n) is 9.29. The van der Waals surface area contributed by atoms with E-state index in [0.717, 1.165) is 5.56 Å². The maximum Gasteiger partial charge on any atom is 0.407 e. The SMILES string of the molecule is CC1CN(C(=O)O)C(C(C)(C)C)c2c(OCc3ccccc3)cc(Br)c(F)c21. The number of hydrogen-bond acceptors (Lipinski definition) is 2. The molecule has 6 heteroatoms. The molecule has 4 nitrogen and oxygen atoms in total. The van der Waals surface area contributed by atoms with Gasteiger partial charge < -0.3 is 14.7 Å². The van der Waals surface area contributed by atoms with Gasteiger partial charge in [-0.1, -0.05) is 58.0 Å². The lowest BCUT2D eigenvalue weighted by Gasteiger charge is -2.45. The average Bonchev–Trinajstić information content (AvgIpc) is 2.62. The van der Waals surface area contributed by atoms with E-state index in [1.54, 1.807) is 6.07 Å². The molecule has 28 heavy (non-hydrogen) atoms. The predicted molar refractivity (Wildman–Crippen MR) is 110 cm³/mol. The van der Waals surface area contributed by atoms with E-state index >= 15 is 4.39 Å². The smallest absolute Gasteiger partial charge is 0.407 e. The Morgan fingerprint density at radius 3 is 2.50 bits per heavy atom. The number of fused-ring (bicyclic) bond motifs is 1. The third kappa shape index (κ3) is 3.88. The van der Waals surface area contributed by atoms with E-state index in [4.69, 9.17) is 4.74 Å². The van der Waals surface area contributed by atoms with Gasteiger partial charge in [0.05, 0.1) is 10.5 Å². The highest BCUT2D eigenvalue weighted by Gasteiger charge is 2.44. The number of amides is 1. The van der Waals surface area contributed by atoms with Gasteiger partial charge in [-0.05, 0) is 33.0 Å². The van der Waals surface area contributed by atoms with Crippen molar-refractivity contribution in [1.82, 2.24) is 4.90 Å². The number of halogens is 2. The summed E-state index contributed by atoms with van der Waals surface area (Å²) in [6.07, 6.45) is -1.00. The van der Waals surface area contributed by atoms with Gasteiger partial charge in [0.2, 0.25) is 0 Å². The van der Waals surface area contributed by atoms with E-state index < -0.39 is 17.6 Å². The van der Waals surface area contributed by atoms with Crippen LogP contribution in [0.3, 0.4) is 0 Å². The van der Waals surface area contributed by atoms with Gasteiger partial charge in [0, 0.05) is 23.6 Å². The van der Waals surface area contributed by atoms with E-state index in [2.05, 4.69) is 15.9 Å². The molecule has 0 radical (unpaired) electrons. The second-order valence-corrected chi connectivity index (χ2v) is 9.23. The topological polar surface area (TPSA) is 49.8 Å². The van der Waals surface area contributed by atoms with Crippen LogP contribution in [-0.2, 0) is 6.61 Å². The van der Waals surface area contributed by atoms with Gasteiger partial charge in [-0.25, -0.2) is 9.18 Å². The molecule has 1 aliphatic heterocycles. The van der Waals surface area contributed by atoms with Crippen LogP contribution in [0.25, 0.3) is 0 Å². The fraction of sp³-hybridized carbons (Fsp3) is 0.409. The van der Waals surface area contributed by atoms with E-state index in [9.17, 15) is 9.90 Å². The molecule has 1 amide bonds. The standard InChI is InChI=1S/C22H25BrFNO3/c1-13-11-25(21(26)27)20(22(2,3)4)18-16(10-15(23)19(24)17(13)18)28-12-14-8-6-5-7-9-14/h5-10,13,20H,11-12H2,1-4H3,(H,26,27). The minimum Gasteiger partial charge on any atom is -0.488 e. The molecule has 0 aromatic heterocycles. The number of carbonyl (C=O) groups is 1.